The molecule has 0 saturated heterocycles. The third-order valence-electron chi connectivity index (χ3n) is 3.18. The van der Waals surface area contributed by atoms with E-state index in [9.17, 15) is 4.79 Å². The molecule has 2 nitrogen and oxygen atoms in total. The maximum absolute atomic E-state index is 10.7. The zero-order valence-corrected chi connectivity index (χ0v) is 8.81. The van der Waals surface area contributed by atoms with Crippen LogP contribution in [0.2, 0.25) is 0 Å². The van der Waals surface area contributed by atoms with E-state index in [2.05, 4.69) is 12.2 Å². The molecular weight excluding hydrogens is 162 g/mol. The molecular formula is C11H21NO. The molecule has 76 valence electrons. The maximum Gasteiger partial charge on any atom is 0.216 e. The normalized spacial score (nSPS) is 28.5. The monoisotopic (exact) mass is 183 g/mol. The van der Waals surface area contributed by atoms with E-state index < -0.39 is 0 Å². The standard InChI is InChI=1S/C11H21NO/c1-3-10-4-6-11(7-5-10)8-12-9(2)13/h10-11H,3-8H2,1-2H3,(H,12,13). The van der Waals surface area contributed by atoms with E-state index in [0.717, 1.165) is 18.4 Å². The van der Waals surface area contributed by atoms with E-state index in [1.165, 1.54) is 32.1 Å². The molecule has 1 fully saturated rings. The van der Waals surface area contributed by atoms with E-state index in [1.54, 1.807) is 6.92 Å². The van der Waals surface area contributed by atoms with Crippen LogP contribution in [0.25, 0.3) is 0 Å². The first-order valence-electron chi connectivity index (χ1n) is 5.46. The van der Waals surface area contributed by atoms with Gasteiger partial charge in [0.15, 0.2) is 0 Å². The van der Waals surface area contributed by atoms with Crippen molar-refractivity contribution in [2.75, 3.05) is 6.54 Å². The lowest BCUT2D eigenvalue weighted by Gasteiger charge is -2.27. The van der Waals surface area contributed by atoms with Crippen molar-refractivity contribution in [1.82, 2.24) is 5.32 Å². The van der Waals surface area contributed by atoms with Crippen molar-refractivity contribution in [3.63, 3.8) is 0 Å². The summed E-state index contributed by atoms with van der Waals surface area (Å²) in [6, 6.07) is 0. The SMILES string of the molecule is CCC1CCC(CNC(C)=O)CC1. The summed E-state index contributed by atoms with van der Waals surface area (Å²) < 4.78 is 0. The van der Waals surface area contributed by atoms with Crippen LogP contribution in [0.5, 0.6) is 0 Å². The van der Waals surface area contributed by atoms with Crippen LogP contribution in [-0.4, -0.2) is 12.5 Å². The Labute approximate surface area is 81.1 Å². The van der Waals surface area contributed by atoms with Crippen molar-refractivity contribution in [2.24, 2.45) is 11.8 Å². The Morgan fingerprint density at radius 3 is 2.23 bits per heavy atom. The fraction of sp³-hybridized carbons (Fsp3) is 0.909. The molecule has 0 aromatic carbocycles. The Morgan fingerprint density at radius 2 is 1.77 bits per heavy atom. The summed E-state index contributed by atoms with van der Waals surface area (Å²) in [6.07, 6.45) is 6.66. The average Bonchev–Trinajstić information content (AvgIpc) is 2.15. The second-order valence-electron chi connectivity index (χ2n) is 4.23. The Kier molecular flexibility index (Phi) is 4.26. The van der Waals surface area contributed by atoms with E-state index in [1.807, 2.05) is 0 Å². The van der Waals surface area contributed by atoms with Crippen molar-refractivity contribution in [2.45, 2.75) is 46.0 Å². The number of carbonyl (C=O) groups is 1. The largest absolute Gasteiger partial charge is 0.356 e. The summed E-state index contributed by atoms with van der Waals surface area (Å²) in [5, 5.41) is 2.91. The Bertz CT molecular complexity index is 159. The molecule has 1 saturated carbocycles. The molecule has 0 aromatic heterocycles. The van der Waals surface area contributed by atoms with Crippen LogP contribution >= 0.6 is 0 Å². The molecule has 1 aliphatic carbocycles. The Balaban J connectivity index is 2.14. The average molecular weight is 183 g/mol. The lowest BCUT2D eigenvalue weighted by molar-refractivity contribution is -0.119. The van der Waals surface area contributed by atoms with Crippen LogP contribution in [0.1, 0.15) is 46.0 Å². The topological polar surface area (TPSA) is 29.1 Å². The fourth-order valence-electron chi connectivity index (χ4n) is 2.13. The van der Waals surface area contributed by atoms with E-state index in [4.69, 9.17) is 0 Å². The summed E-state index contributed by atoms with van der Waals surface area (Å²) in [6.45, 7) is 4.77. The van der Waals surface area contributed by atoms with Gasteiger partial charge in [-0.15, -0.1) is 0 Å². The van der Waals surface area contributed by atoms with Gasteiger partial charge in [-0.1, -0.05) is 26.2 Å². The first-order chi connectivity index (χ1) is 6.22. The molecule has 0 bridgehead atoms. The predicted molar refractivity (Wildman–Crippen MR) is 54.4 cm³/mol. The number of nitrogens with one attached hydrogen (secondary N) is 1. The van der Waals surface area contributed by atoms with Crippen molar-refractivity contribution in [3.05, 3.63) is 0 Å². The van der Waals surface area contributed by atoms with Crippen LogP contribution < -0.4 is 5.32 Å². The molecule has 1 N–H and O–H groups in total. The molecule has 0 aromatic rings. The molecule has 0 aliphatic heterocycles. The summed E-state index contributed by atoms with van der Waals surface area (Å²) in [7, 11) is 0. The number of rotatable bonds is 3. The number of carbonyl (C=O) groups excluding carboxylic acids is 1. The van der Waals surface area contributed by atoms with Crippen LogP contribution in [0.15, 0.2) is 0 Å². The van der Waals surface area contributed by atoms with Gasteiger partial charge in [-0.25, -0.2) is 0 Å². The fourth-order valence-corrected chi connectivity index (χ4v) is 2.13. The minimum absolute atomic E-state index is 0.109. The zero-order chi connectivity index (χ0) is 9.68. The van der Waals surface area contributed by atoms with Crippen LogP contribution in [0, 0.1) is 11.8 Å². The number of hydrogen-bond donors (Lipinski definition) is 1. The molecule has 0 atom stereocenters. The van der Waals surface area contributed by atoms with Gasteiger partial charge in [-0.05, 0) is 24.7 Å². The number of hydrogen-bond acceptors (Lipinski definition) is 1. The minimum atomic E-state index is 0.109. The lowest BCUT2D eigenvalue weighted by Crippen LogP contribution is -2.29. The smallest absolute Gasteiger partial charge is 0.216 e. The predicted octanol–water partition coefficient (Wildman–Crippen LogP) is 2.34. The van der Waals surface area contributed by atoms with Gasteiger partial charge in [-0.3, -0.25) is 4.79 Å². The van der Waals surface area contributed by atoms with Crippen LogP contribution in [-0.2, 0) is 4.79 Å². The molecule has 0 heterocycles. The van der Waals surface area contributed by atoms with Crippen molar-refractivity contribution in [3.8, 4) is 0 Å². The molecule has 0 spiro atoms. The minimum Gasteiger partial charge on any atom is -0.356 e. The quantitative estimate of drug-likeness (QED) is 0.715. The van der Waals surface area contributed by atoms with E-state index in [0.29, 0.717) is 0 Å². The van der Waals surface area contributed by atoms with Gasteiger partial charge in [-0.2, -0.15) is 0 Å². The second-order valence-corrected chi connectivity index (χ2v) is 4.23. The van der Waals surface area contributed by atoms with Crippen molar-refractivity contribution < 1.29 is 4.79 Å². The summed E-state index contributed by atoms with van der Waals surface area (Å²) in [5.74, 6) is 1.80. The first kappa shape index (κ1) is 10.6. The lowest BCUT2D eigenvalue weighted by atomic mass is 9.81. The van der Waals surface area contributed by atoms with Gasteiger partial charge in [0.1, 0.15) is 0 Å². The highest BCUT2D eigenvalue weighted by Crippen LogP contribution is 2.29. The van der Waals surface area contributed by atoms with Gasteiger partial charge in [0.2, 0.25) is 5.91 Å². The maximum atomic E-state index is 10.7. The van der Waals surface area contributed by atoms with Gasteiger partial charge in [0.25, 0.3) is 0 Å². The third-order valence-corrected chi connectivity index (χ3v) is 3.18. The zero-order valence-electron chi connectivity index (χ0n) is 8.81. The van der Waals surface area contributed by atoms with Gasteiger partial charge < -0.3 is 5.32 Å². The Hall–Kier alpha value is -0.530. The molecule has 0 unspecified atom stereocenters. The third kappa shape index (κ3) is 3.79. The van der Waals surface area contributed by atoms with E-state index in [-0.39, 0.29) is 5.91 Å². The highest BCUT2D eigenvalue weighted by Gasteiger charge is 2.19. The molecule has 13 heavy (non-hydrogen) atoms. The highest BCUT2D eigenvalue weighted by atomic mass is 16.1. The summed E-state index contributed by atoms with van der Waals surface area (Å²) in [5.41, 5.74) is 0. The molecule has 1 amide bonds. The van der Waals surface area contributed by atoms with Crippen molar-refractivity contribution in [1.29, 1.82) is 0 Å². The molecule has 1 rings (SSSR count). The highest BCUT2D eigenvalue weighted by molar-refractivity contribution is 5.72. The van der Waals surface area contributed by atoms with Gasteiger partial charge in [0, 0.05) is 13.5 Å². The molecule has 1 aliphatic rings. The first-order valence-corrected chi connectivity index (χ1v) is 5.46. The van der Waals surface area contributed by atoms with Crippen LogP contribution in [0.4, 0.5) is 0 Å². The molecule has 0 radical (unpaired) electrons. The molecule has 2 heteroatoms. The van der Waals surface area contributed by atoms with E-state index >= 15 is 0 Å². The summed E-state index contributed by atoms with van der Waals surface area (Å²) in [4.78, 5) is 10.7. The number of amides is 1. The summed E-state index contributed by atoms with van der Waals surface area (Å²) >= 11 is 0. The van der Waals surface area contributed by atoms with Crippen molar-refractivity contribution >= 4 is 5.91 Å². The van der Waals surface area contributed by atoms with Crippen LogP contribution in [0.3, 0.4) is 0 Å². The van der Waals surface area contributed by atoms with Gasteiger partial charge >= 0.3 is 0 Å². The van der Waals surface area contributed by atoms with Gasteiger partial charge in [0.05, 0.1) is 0 Å². The Morgan fingerprint density at radius 1 is 1.23 bits per heavy atom. The second kappa shape index (κ2) is 5.25.